The largest absolute Gasteiger partial charge is 0.346 e. The molecule has 2 aromatic carbocycles. The summed E-state index contributed by atoms with van der Waals surface area (Å²) >= 11 is 6.74. The minimum absolute atomic E-state index is 0.136. The monoisotopic (exact) mass is 406 g/mol. The molecule has 0 aliphatic heterocycles. The van der Waals surface area contributed by atoms with Crippen LogP contribution in [-0.2, 0) is 0 Å². The number of hydrogen-bond acceptors (Lipinski definition) is 2. The Hall–Kier alpha value is -1.64. The fourth-order valence-electron chi connectivity index (χ4n) is 1.89. The van der Waals surface area contributed by atoms with Crippen LogP contribution in [0.15, 0.2) is 51.4 Å². The van der Waals surface area contributed by atoms with E-state index < -0.39 is 0 Å². The molecule has 106 valence electrons. The number of carbonyl (C=O) groups excluding carboxylic acids is 1. The van der Waals surface area contributed by atoms with E-state index >= 15 is 0 Å². The molecular formula is C16H12Br2N2O. The highest BCUT2D eigenvalue weighted by atomic mass is 79.9. The zero-order valence-electron chi connectivity index (χ0n) is 11.2. The molecule has 0 saturated heterocycles. The molecule has 2 aromatic rings. The van der Waals surface area contributed by atoms with E-state index in [2.05, 4.69) is 43.2 Å². The van der Waals surface area contributed by atoms with Gasteiger partial charge in [0, 0.05) is 14.5 Å². The number of halogens is 2. The highest BCUT2D eigenvalue weighted by molar-refractivity contribution is 9.11. The van der Waals surface area contributed by atoms with Gasteiger partial charge in [-0.1, -0.05) is 44.0 Å². The van der Waals surface area contributed by atoms with Gasteiger partial charge >= 0.3 is 0 Å². The lowest BCUT2D eigenvalue weighted by Gasteiger charge is -2.14. The topological polar surface area (TPSA) is 52.9 Å². The van der Waals surface area contributed by atoms with Crippen molar-refractivity contribution in [2.24, 2.45) is 0 Å². The maximum absolute atomic E-state index is 12.3. The van der Waals surface area contributed by atoms with Crippen molar-refractivity contribution in [3.05, 3.63) is 68.1 Å². The van der Waals surface area contributed by atoms with Gasteiger partial charge in [-0.05, 0) is 42.8 Å². The summed E-state index contributed by atoms with van der Waals surface area (Å²) < 4.78 is 1.68. The summed E-state index contributed by atoms with van der Waals surface area (Å²) in [6.45, 7) is 1.91. The third-order valence-corrected chi connectivity index (χ3v) is 3.93. The highest BCUT2D eigenvalue weighted by Crippen LogP contribution is 2.21. The molecule has 0 radical (unpaired) electrons. The van der Waals surface area contributed by atoms with Gasteiger partial charge < -0.3 is 5.32 Å². The quantitative estimate of drug-likeness (QED) is 0.809. The van der Waals surface area contributed by atoms with Gasteiger partial charge in [-0.25, -0.2) is 0 Å². The van der Waals surface area contributed by atoms with Gasteiger partial charge in [0.05, 0.1) is 17.7 Å². The lowest BCUT2D eigenvalue weighted by atomic mass is 10.1. The van der Waals surface area contributed by atoms with Gasteiger partial charge in [-0.2, -0.15) is 5.26 Å². The summed E-state index contributed by atoms with van der Waals surface area (Å²) in [5, 5.41) is 11.7. The van der Waals surface area contributed by atoms with Gasteiger partial charge in [-0.15, -0.1) is 0 Å². The molecule has 0 spiro atoms. The Morgan fingerprint density at radius 3 is 2.24 bits per heavy atom. The zero-order chi connectivity index (χ0) is 15.4. The first-order valence-corrected chi connectivity index (χ1v) is 7.85. The SMILES string of the molecule is CC(NC(=O)c1cc(Br)cc(Br)c1)c1ccc(C#N)cc1. The lowest BCUT2D eigenvalue weighted by Crippen LogP contribution is -2.26. The third kappa shape index (κ3) is 4.16. The van der Waals surface area contributed by atoms with Gasteiger partial charge in [-0.3, -0.25) is 4.79 Å². The van der Waals surface area contributed by atoms with Crippen LogP contribution in [0.3, 0.4) is 0 Å². The molecule has 1 N–H and O–H groups in total. The highest BCUT2D eigenvalue weighted by Gasteiger charge is 2.12. The van der Waals surface area contributed by atoms with Crippen molar-refractivity contribution in [2.75, 3.05) is 0 Å². The molecule has 0 heterocycles. The smallest absolute Gasteiger partial charge is 0.251 e. The summed E-state index contributed by atoms with van der Waals surface area (Å²) in [7, 11) is 0. The normalized spacial score (nSPS) is 11.5. The minimum atomic E-state index is -0.145. The molecule has 5 heteroatoms. The van der Waals surface area contributed by atoms with E-state index in [4.69, 9.17) is 5.26 Å². The molecule has 21 heavy (non-hydrogen) atoms. The Kier molecular flexibility index (Phi) is 5.16. The first kappa shape index (κ1) is 15.7. The van der Waals surface area contributed by atoms with Crippen LogP contribution in [-0.4, -0.2) is 5.91 Å². The molecule has 3 nitrogen and oxygen atoms in total. The van der Waals surface area contributed by atoms with Gasteiger partial charge in [0.15, 0.2) is 0 Å². The summed E-state index contributed by atoms with van der Waals surface area (Å²) in [4.78, 5) is 12.3. The van der Waals surface area contributed by atoms with Crippen LogP contribution >= 0.6 is 31.9 Å². The second-order valence-electron chi connectivity index (χ2n) is 4.59. The average Bonchev–Trinajstić information content (AvgIpc) is 2.46. The Bertz CT molecular complexity index is 685. The molecule has 0 saturated carbocycles. The van der Waals surface area contributed by atoms with Crippen LogP contribution in [0.5, 0.6) is 0 Å². The van der Waals surface area contributed by atoms with Crippen molar-refractivity contribution in [1.82, 2.24) is 5.32 Å². The van der Waals surface area contributed by atoms with Crippen molar-refractivity contribution in [3.8, 4) is 6.07 Å². The van der Waals surface area contributed by atoms with Crippen LogP contribution in [0.1, 0.15) is 34.5 Å². The lowest BCUT2D eigenvalue weighted by molar-refractivity contribution is 0.0940. The maximum atomic E-state index is 12.3. The minimum Gasteiger partial charge on any atom is -0.346 e. The molecule has 1 amide bonds. The predicted molar refractivity (Wildman–Crippen MR) is 88.9 cm³/mol. The molecule has 2 rings (SSSR count). The van der Waals surface area contributed by atoms with E-state index in [-0.39, 0.29) is 11.9 Å². The van der Waals surface area contributed by atoms with Crippen LogP contribution in [0, 0.1) is 11.3 Å². The summed E-state index contributed by atoms with van der Waals surface area (Å²) in [5.41, 5.74) is 2.14. The Balaban J connectivity index is 2.12. The first-order valence-electron chi connectivity index (χ1n) is 6.26. The van der Waals surface area contributed by atoms with Crippen LogP contribution < -0.4 is 5.32 Å². The number of benzene rings is 2. The third-order valence-electron chi connectivity index (χ3n) is 3.01. The van der Waals surface area contributed by atoms with Gasteiger partial charge in [0.25, 0.3) is 5.91 Å². The van der Waals surface area contributed by atoms with Crippen molar-refractivity contribution >= 4 is 37.8 Å². The molecule has 1 atom stereocenters. The van der Waals surface area contributed by atoms with Crippen molar-refractivity contribution in [2.45, 2.75) is 13.0 Å². The summed E-state index contributed by atoms with van der Waals surface area (Å²) in [5.74, 6) is -0.145. The summed E-state index contributed by atoms with van der Waals surface area (Å²) in [6.07, 6.45) is 0. The molecule has 0 aliphatic rings. The first-order chi connectivity index (χ1) is 9.99. The standard InChI is InChI=1S/C16H12Br2N2O/c1-10(12-4-2-11(9-19)3-5-12)20-16(21)13-6-14(17)8-15(18)7-13/h2-8,10H,1H3,(H,20,21). The fraction of sp³-hybridized carbons (Fsp3) is 0.125. The van der Waals surface area contributed by atoms with Gasteiger partial charge in [0.2, 0.25) is 0 Å². The Morgan fingerprint density at radius 1 is 1.14 bits per heavy atom. The number of rotatable bonds is 3. The van der Waals surface area contributed by atoms with Crippen LogP contribution in [0.2, 0.25) is 0 Å². The Labute approximate surface area is 140 Å². The van der Waals surface area contributed by atoms with Crippen molar-refractivity contribution in [3.63, 3.8) is 0 Å². The predicted octanol–water partition coefficient (Wildman–Crippen LogP) is 4.57. The zero-order valence-corrected chi connectivity index (χ0v) is 14.4. The number of nitriles is 1. The van der Waals surface area contributed by atoms with E-state index in [1.165, 1.54) is 0 Å². The van der Waals surface area contributed by atoms with Crippen molar-refractivity contribution < 1.29 is 4.79 Å². The maximum Gasteiger partial charge on any atom is 0.251 e. The summed E-state index contributed by atoms with van der Waals surface area (Å²) in [6, 6.07) is 14.5. The molecule has 0 aromatic heterocycles. The molecule has 1 unspecified atom stereocenters. The average molecular weight is 408 g/mol. The number of carbonyl (C=O) groups is 1. The second-order valence-corrected chi connectivity index (χ2v) is 6.42. The number of nitrogens with one attached hydrogen (secondary N) is 1. The number of amides is 1. The van der Waals surface area contributed by atoms with E-state index in [9.17, 15) is 4.79 Å². The number of hydrogen-bond donors (Lipinski definition) is 1. The van der Waals surface area contributed by atoms with Crippen molar-refractivity contribution in [1.29, 1.82) is 5.26 Å². The fourth-order valence-corrected chi connectivity index (χ4v) is 3.19. The molecule has 0 fully saturated rings. The van der Waals surface area contributed by atoms with E-state index in [1.807, 2.05) is 25.1 Å². The molecule has 0 bridgehead atoms. The van der Waals surface area contributed by atoms with Gasteiger partial charge in [0.1, 0.15) is 0 Å². The van der Waals surface area contributed by atoms with Crippen LogP contribution in [0.4, 0.5) is 0 Å². The Morgan fingerprint density at radius 2 is 1.71 bits per heavy atom. The van der Waals surface area contributed by atoms with Crippen LogP contribution in [0.25, 0.3) is 0 Å². The molecule has 0 aliphatic carbocycles. The van der Waals surface area contributed by atoms with E-state index in [0.29, 0.717) is 11.1 Å². The van der Waals surface area contributed by atoms with E-state index in [1.54, 1.807) is 24.3 Å². The van der Waals surface area contributed by atoms with E-state index in [0.717, 1.165) is 14.5 Å². The second kappa shape index (κ2) is 6.88. The molecular weight excluding hydrogens is 396 g/mol. The number of nitrogens with zero attached hydrogens (tertiary/aromatic N) is 1.